The van der Waals surface area contributed by atoms with Crippen LogP contribution in [0.15, 0.2) is 21.5 Å². The molecule has 0 saturated heterocycles. The van der Waals surface area contributed by atoms with Crippen LogP contribution in [0.5, 0.6) is 0 Å². The van der Waals surface area contributed by atoms with E-state index in [9.17, 15) is 8.42 Å². The minimum Gasteiger partial charge on any atom is -0.398 e. The molecule has 0 unspecified atom stereocenters. The number of aryl methyl sites for hydroxylation is 1. The molecule has 0 heterocycles. The first-order valence-corrected chi connectivity index (χ1v) is 9.39. The molecule has 0 amide bonds. The van der Waals surface area contributed by atoms with Crippen LogP contribution >= 0.6 is 15.9 Å². The number of halogens is 1. The lowest BCUT2D eigenvalue weighted by Crippen LogP contribution is -2.34. The highest BCUT2D eigenvalue weighted by Crippen LogP contribution is 2.27. The number of sulfonamides is 1. The van der Waals surface area contributed by atoms with E-state index in [-0.39, 0.29) is 4.90 Å². The third-order valence-electron chi connectivity index (χ3n) is 3.81. The molecular formula is C15H25BrN2O2S. The number of anilines is 1. The zero-order chi connectivity index (χ0) is 16.4. The molecule has 0 saturated carbocycles. The van der Waals surface area contributed by atoms with E-state index >= 15 is 0 Å². The summed E-state index contributed by atoms with van der Waals surface area (Å²) in [6.07, 6.45) is 0. The van der Waals surface area contributed by atoms with E-state index in [0.29, 0.717) is 40.0 Å². The van der Waals surface area contributed by atoms with Gasteiger partial charge in [-0.2, -0.15) is 0 Å². The van der Waals surface area contributed by atoms with E-state index in [1.54, 1.807) is 13.0 Å². The second-order valence-corrected chi connectivity index (χ2v) is 8.73. The number of benzene rings is 1. The lowest BCUT2D eigenvalue weighted by molar-refractivity contribution is 0.289. The van der Waals surface area contributed by atoms with Crippen molar-refractivity contribution in [2.45, 2.75) is 39.5 Å². The third-order valence-corrected chi connectivity index (χ3v) is 6.06. The van der Waals surface area contributed by atoms with Crippen LogP contribution < -0.4 is 10.5 Å². The molecule has 0 aliphatic heterocycles. The molecule has 3 N–H and O–H groups in total. The van der Waals surface area contributed by atoms with Crippen LogP contribution in [0.25, 0.3) is 0 Å². The quantitative estimate of drug-likeness (QED) is 0.745. The lowest BCUT2D eigenvalue weighted by Gasteiger charge is -2.25. The van der Waals surface area contributed by atoms with Crippen molar-refractivity contribution in [1.29, 1.82) is 0 Å². The van der Waals surface area contributed by atoms with Crippen LogP contribution in [0.1, 0.15) is 33.3 Å². The Kier molecular flexibility index (Phi) is 6.25. The molecule has 120 valence electrons. The summed E-state index contributed by atoms with van der Waals surface area (Å²) in [6, 6.07) is 3.23. The summed E-state index contributed by atoms with van der Waals surface area (Å²) in [7, 11) is -3.54. The van der Waals surface area contributed by atoms with Crippen LogP contribution in [0, 0.1) is 24.7 Å². The van der Waals surface area contributed by atoms with Gasteiger partial charge in [-0.05, 0) is 58.3 Å². The minimum absolute atomic E-state index is 0.245. The van der Waals surface area contributed by atoms with E-state index in [4.69, 9.17) is 5.73 Å². The predicted molar refractivity (Wildman–Crippen MR) is 91.6 cm³/mol. The molecule has 21 heavy (non-hydrogen) atoms. The highest BCUT2D eigenvalue weighted by Gasteiger charge is 2.23. The third kappa shape index (κ3) is 4.69. The predicted octanol–water partition coefficient (Wildman–Crippen LogP) is 3.55. The second-order valence-electron chi connectivity index (χ2n) is 6.14. The molecule has 4 nitrogen and oxygen atoms in total. The van der Waals surface area contributed by atoms with Crippen LogP contribution in [0.4, 0.5) is 5.69 Å². The summed E-state index contributed by atoms with van der Waals surface area (Å²) in [5.74, 6) is 1.14. The smallest absolute Gasteiger partial charge is 0.240 e. The first kappa shape index (κ1) is 18.5. The van der Waals surface area contributed by atoms with Gasteiger partial charge < -0.3 is 5.73 Å². The van der Waals surface area contributed by atoms with Crippen molar-refractivity contribution < 1.29 is 8.42 Å². The standard InChI is InChI=1S/C15H25BrN2O2S/c1-9(2)12(10(3)4)8-18-21(19,20)15-7-14(17)13(16)6-11(15)5/h6-7,9-10,12,18H,8,17H2,1-5H3. The van der Waals surface area contributed by atoms with Gasteiger partial charge in [-0.1, -0.05) is 27.7 Å². The number of hydrogen-bond acceptors (Lipinski definition) is 3. The molecule has 0 atom stereocenters. The second kappa shape index (κ2) is 7.11. The van der Waals surface area contributed by atoms with Crippen molar-refractivity contribution >= 4 is 31.6 Å². The Morgan fingerprint density at radius 3 is 2.19 bits per heavy atom. The van der Waals surface area contributed by atoms with Gasteiger partial charge in [0.05, 0.1) is 4.90 Å². The first-order chi connectivity index (χ1) is 9.56. The fraction of sp³-hybridized carbons (Fsp3) is 0.600. The Hall–Kier alpha value is -0.590. The van der Waals surface area contributed by atoms with Crippen molar-refractivity contribution in [3.05, 3.63) is 22.2 Å². The number of nitrogens with one attached hydrogen (secondary N) is 1. The van der Waals surface area contributed by atoms with Crippen molar-refractivity contribution in [2.24, 2.45) is 17.8 Å². The SMILES string of the molecule is Cc1cc(Br)c(N)cc1S(=O)(=O)NCC(C(C)C)C(C)C. The molecule has 0 aromatic heterocycles. The van der Waals surface area contributed by atoms with Crippen molar-refractivity contribution in [3.8, 4) is 0 Å². The molecule has 0 aliphatic rings. The van der Waals surface area contributed by atoms with E-state index in [1.807, 2.05) is 0 Å². The number of nitrogens with two attached hydrogens (primary N) is 1. The molecule has 1 rings (SSSR count). The van der Waals surface area contributed by atoms with E-state index in [0.717, 1.165) is 0 Å². The van der Waals surface area contributed by atoms with Gasteiger partial charge in [0.1, 0.15) is 0 Å². The lowest BCUT2D eigenvalue weighted by atomic mass is 9.86. The maximum absolute atomic E-state index is 12.5. The molecule has 0 radical (unpaired) electrons. The fourth-order valence-corrected chi connectivity index (χ4v) is 4.27. The molecule has 0 bridgehead atoms. The van der Waals surface area contributed by atoms with Gasteiger partial charge in [0, 0.05) is 16.7 Å². The topological polar surface area (TPSA) is 72.2 Å². The van der Waals surface area contributed by atoms with Crippen LogP contribution in [-0.2, 0) is 10.0 Å². The van der Waals surface area contributed by atoms with Gasteiger partial charge >= 0.3 is 0 Å². The molecule has 1 aromatic rings. The first-order valence-electron chi connectivity index (χ1n) is 7.11. The van der Waals surface area contributed by atoms with Gasteiger partial charge in [0.25, 0.3) is 0 Å². The minimum atomic E-state index is -3.54. The Morgan fingerprint density at radius 1 is 1.19 bits per heavy atom. The molecule has 1 aromatic carbocycles. The largest absolute Gasteiger partial charge is 0.398 e. The summed E-state index contributed by atoms with van der Waals surface area (Å²) >= 11 is 3.31. The maximum atomic E-state index is 12.5. The van der Waals surface area contributed by atoms with Gasteiger partial charge in [-0.25, -0.2) is 13.1 Å². The number of nitrogen functional groups attached to an aromatic ring is 1. The van der Waals surface area contributed by atoms with Gasteiger partial charge in [-0.15, -0.1) is 0 Å². The van der Waals surface area contributed by atoms with Crippen LogP contribution in [-0.4, -0.2) is 15.0 Å². The molecule has 6 heteroatoms. The van der Waals surface area contributed by atoms with Crippen molar-refractivity contribution in [3.63, 3.8) is 0 Å². The molecule has 0 spiro atoms. The van der Waals surface area contributed by atoms with Gasteiger partial charge in [0.15, 0.2) is 0 Å². The van der Waals surface area contributed by atoms with E-state index < -0.39 is 10.0 Å². The summed E-state index contributed by atoms with van der Waals surface area (Å²) < 4.78 is 28.4. The normalized spacial score (nSPS) is 12.6. The summed E-state index contributed by atoms with van der Waals surface area (Å²) in [5.41, 5.74) is 6.90. The molecule has 0 fully saturated rings. The zero-order valence-corrected chi connectivity index (χ0v) is 15.7. The van der Waals surface area contributed by atoms with Crippen molar-refractivity contribution in [1.82, 2.24) is 4.72 Å². The maximum Gasteiger partial charge on any atom is 0.240 e. The summed E-state index contributed by atoms with van der Waals surface area (Å²) in [5, 5.41) is 0. The molecular weight excluding hydrogens is 352 g/mol. The average molecular weight is 377 g/mol. The zero-order valence-electron chi connectivity index (χ0n) is 13.3. The summed E-state index contributed by atoms with van der Waals surface area (Å²) in [4.78, 5) is 0.245. The Labute approximate surface area is 136 Å². The monoisotopic (exact) mass is 376 g/mol. The summed E-state index contributed by atoms with van der Waals surface area (Å²) in [6.45, 7) is 10.7. The van der Waals surface area contributed by atoms with Gasteiger partial charge in [-0.3, -0.25) is 0 Å². The number of hydrogen-bond donors (Lipinski definition) is 2. The van der Waals surface area contributed by atoms with Crippen LogP contribution in [0.3, 0.4) is 0 Å². The van der Waals surface area contributed by atoms with Crippen molar-refractivity contribution in [2.75, 3.05) is 12.3 Å². The highest BCUT2D eigenvalue weighted by molar-refractivity contribution is 9.10. The Balaban J connectivity index is 3.00. The van der Waals surface area contributed by atoms with Gasteiger partial charge in [0.2, 0.25) is 10.0 Å². The molecule has 0 aliphatic carbocycles. The fourth-order valence-electron chi connectivity index (χ4n) is 2.48. The average Bonchev–Trinajstić information content (AvgIpc) is 2.32. The van der Waals surface area contributed by atoms with E-state index in [2.05, 4.69) is 48.3 Å². The Bertz CT molecular complexity index is 590. The van der Waals surface area contributed by atoms with E-state index in [1.165, 1.54) is 6.07 Å². The number of rotatable bonds is 6. The highest BCUT2D eigenvalue weighted by atomic mass is 79.9. The Morgan fingerprint density at radius 2 is 1.71 bits per heavy atom. The van der Waals surface area contributed by atoms with Crippen LogP contribution in [0.2, 0.25) is 0 Å².